The highest BCUT2D eigenvalue weighted by Gasteiger charge is 2.44. The zero-order valence-electron chi connectivity index (χ0n) is 11.9. The van der Waals surface area contributed by atoms with Crippen molar-refractivity contribution >= 4 is 28.9 Å². The number of halogens is 6. The van der Waals surface area contributed by atoms with E-state index in [0.29, 0.717) is 11.9 Å². The topological polar surface area (TPSA) is 41.1 Å². The maximum Gasteiger partial charge on any atom is 0.417 e. The molecule has 2 aromatic rings. The van der Waals surface area contributed by atoms with Gasteiger partial charge in [-0.2, -0.15) is 13.2 Å². The summed E-state index contributed by atoms with van der Waals surface area (Å²) in [7, 11) is 0. The van der Waals surface area contributed by atoms with Crippen LogP contribution in [0.1, 0.15) is 5.56 Å². The van der Waals surface area contributed by atoms with Gasteiger partial charge in [-0.15, -0.1) is 0 Å². The molecule has 0 bridgehead atoms. The van der Waals surface area contributed by atoms with Gasteiger partial charge in [-0.3, -0.25) is 0 Å². The average molecular weight is 365 g/mol. The molecule has 0 atom stereocenters. The Balaban J connectivity index is 1.77. The highest BCUT2D eigenvalue weighted by molar-refractivity contribution is 6.29. The third-order valence-electron chi connectivity index (χ3n) is 3.34. The average Bonchev–Trinajstić information content (AvgIpc) is 2.43. The first kappa shape index (κ1) is 16.7. The third kappa shape index (κ3) is 3.66. The highest BCUT2D eigenvalue weighted by atomic mass is 35.5. The van der Waals surface area contributed by atoms with E-state index in [2.05, 4.69) is 15.3 Å². The number of aromatic nitrogens is 2. The molecule has 1 aliphatic rings. The molecule has 0 amide bonds. The fourth-order valence-electron chi connectivity index (χ4n) is 2.19. The van der Waals surface area contributed by atoms with E-state index in [1.807, 2.05) is 0 Å². The fourth-order valence-corrected chi connectivity index (χ4v) is 2.39. The van der Waals surface area contributed by atoms with Gasteiger partial charge in [-0.05, 0) is 18.2 Å². The van der Waals surface area contributed by atoms with Gasteiger partial charge in [0.25, 0.3) is 5.92 Å². The standard InChI is InChI=1S/C14H10ClF5N4/c15-10-3-9(24-6-13(16,17)7-24)4-12(22-10)23-11-2-1-8(5-21-11)14(18,19)20/h1-5H,6-7H2,(H,21,22,23). The van der Waals surface area contributed by atoms with Crippen LogP contribution in [0.4, 0.5) is 39.3 Å². The van der Waals surface area contributed by atoms with Crippen molar-refractivity contribution in [1.82, 2.24) is 9.97 Å². The normalized spacial score (nSPS) is 16.7. The molecule has 0 radical (unpaired) electrons. The Hall–Kier alpha value is -2.16. The molecule has 1 aliphatic heterocycles. The highest BCUT2D eigenvalue weighted by Crippen LogP contribution is 2.34. The Morgan fingerprint density at radius 2 is 1.83 bits per heavy atom. The molecule has 0 saturated carbocycles. The number of anilines is 3. The molecule has 0 aromatic carbocycles. The van der Waals surface area contributed by atoms with Gasteiger partial charge in [0.2, 0.25) is 0 Å². The number of nitrogens with zero attached hydrogens (tertiary/aromatic N) is 3. The van der Waals surface area contributed by atoms with Gasteiger partial charge in [-0.1, -0.05) is 11.6 Å². The van der Waals surface area contributed by atoms with E-state index in [1.54, 1.807) is 0 Å². The van der Waals surface area contributed by atoms with Gasteiger partial charge >= 0.3 is 6.18 Å². The van der Waals surface area contributed by atoms with Gasteiger partial charge in [-0.25, -0.2) is 18.7 Å². The first-order valence-corrected chi connectivity index (χ1v) is 7.11. The largest absolute Gasteiger partial charge is 0.417 e. The maximum atomic E-state index is 12.9. The van der Waals surface area contributed by atoms with Crippen molar-refractivity contribution in [3.63, 3.8) is 0 Å². The maximum absolute atomic E-state index is 12.9. The Kier molecular flexibility index (Phi) is 3.98. The minimum Gasteiger partial charge on any atom is -0.359 e. The summed E-state index contributed by atoms with van der Waals surface area (Å²) in [5.41, 5.74) is -0.439. The van der Waals surface area contributed by atoms with Crippen LogP contribution >= 0.6 is 11.6 Å². The molecule has 128 valence electrons. The summed E-state index contributed by atoms with van der Waals surface area (Å²) in [6, 6.07) is 4.92. The second kappa shape index (κ2) is 5.73. The lowest BCUT2D eigenvalue weighted by Gasteiger charge is -2.40. The second-order valence-corrected chi connectivity index (χ2v) is 5.69. The molecular weight excluding hydrogens is 355 g/mol. The number of rotatable bonds is 3. The Morgan fingerprint density at radius 3 is 2.38 bits per heavy atom. The van der Waals surface area contributed by atoms with Gasteiger partial charge in [0.05, 0.1) is 18.7 Å². The quantitative estimate of drug-likeness (QED) is 0.649. The van der Waals surface area contributed by atoms with Gasteiger partial charge in [0.15, 0.2) is 0 Å². The van der Waals surface area contributed by atoms with Crippen molar-refractivity contribution in [2.75, 3.05) is 23.3 Å². The smallest absolute Gasteiger partial charge is 0.359 e. The van der Waals surface area contributed by atoms with Crippen LogP contribution in [0.15, 0.2) is 30.5 Å². The predicted octanol–water partition coefficient (Wildman–Crippen LogP) is 4.35. The number of alkyl halides is 5. The molecule has 10 heteroatoms. The van der Waals surface area contributed by atoms with Crippen molar-refractivity contribution in [3.05, 3.63) is 41.2 Å². The Bertz CT molecular complexity index is 740. The molecule has 1 fully saturated rings. The van der Waals surface area contributed by atoms with E-state index in [4.69, 9.17) is 11.6 Å². The van der Waals surface area contributed by atoms with Gasteiger partial charge in [0, 0.05) is 18.0 Å². The van der Waals surface area contributed by atoms with Crippen molar-refractivity contribution in [1.29, 1.82) is 0 Å². The number of hydrogen-bond donors (Lipinski definition) is 1. The fraction of sp³-hybridized carbons (Fsp3) is 0.286. The van der Waals surface area contributed by atoms with E-state index in [1.165, 1.54) is 17.0 Å². The molecule has 3 heterocycles. The molecule has 0 unspecified atom stereocenters. The molecule has 4 nitrogen and oxygen atoms in total. The van der Waals surface area contributed by atoms with E-state index in [-0.39, 0.29) is 16.8 Å². The summed E-state index contributed by atoms with van der Waals surface area (Å²) in [4.78, 5) is 9.03. The van der Waals surface area contributed by atoms with Crippen LogP contribution in [0.2, 0.25) is 5.15 Å². The molecule has 3 rings (SSSR count). The summed E-state index contributed by atoms with van der Waals surface area (Å²) in [5, 5.41) is 2.77. The van der Waals surface area contributed by atoms with Crippen molar-refractivity contribution in [2.45, 2.75) is 12.1 Å². The monoisotopic (exact) mass is 364 g/mol. The van der Waals surface area contributed by atoms with E-state index in [9.17, 15) is 22.0 Å². The van der Waals surface area contributed by atoms with Crippen LogP contribution in [0, 0.1) is 0 Å². The minimum absolute atomic E-state index is 0.0668. The van der Waals surface area contributed by atoms with Crippen LogP contribution in [0.5, 0.6) is 0 Å². The van der Waals surface area contributed by atoms with E-state index < -0.39 is 30.8 Å². The van der Waals surface area contributed by atoms with Crippen molar-refractivity contribution < 1.29 is 22.0 Å². The summed E-state index contributed by atoms with van der Waals surface area (Å²) in [6.45, 7) is -0.851. The molecular formula is C14H10ClF5N4. The number of pyridine rings is 2. The predicted molar refractivity (Wildman–Crippen MR) is 78.9 cm³/mol. The Labute approximate surface area is 138 Å². The third-order valence-corrected chi connectivity index (χ3v) is 3.53. The SMILES string of the molecule is FC1(F)CN(c2cc(Cl)nc(Nc3ccc(C(F)(F)F)cn3)c2)C1. The van der Waals surface area contributed by atoms with Crippen LogP contribution in [0.25, 0.3) is 0 Å². The first-order valence-electron chi connectivity index (χ1n) is 6.73. The van der Waals surface area contributed by atoms with E-state index >= 15 is 0 Å². The van der Waals surface area contributed by atoms with Crippen LogP contribution in [-0.4, -0.2) is 29.0 Å². The summed E-state index contributed by atoms with van der Waals surface area (Å²) >= 11 is 5.86. The molecule has 24 heavy (non-hydrogen) atoms. The molecule has 1 N–H and O–H groups in total. The summed E-state index contributed by atoms with van der Waals surface area (Å²) in [5.74, 6) is -2.42. The van der Waals surface area contributed by atoms with Crippen molar-refractivity contribution in [3.8, 4) is 0 Å². The van der Waals surface area contributed by atoms with Crippen LogP contribution in [0.3, 0.4) is 0 Å². The second-order valence-electron chi connectivity index (χ2n) is 5.30. The zero-order valence-corrected chi connectivity index (χ0v) is 12.7. The molecule has 1 saturated heterocycles. The lowest BCUT2D eigenvalue weighted by Crippen LogP contribution is -2.56. The summed E-state index contributed by atoms with van der Waals surface area (Å²) in [6.07, 6.45) is -3.79. The number of nitrogens with one attached hydrogen (secondary N) is 1. The van der Waals surface area contributed by atoms with E-state index in [0.717, 1.165) is 12.1 Å². The molecule has 0 aliphatic carbocycles. The summed E-state index contributed by atoms with van der Waals surface area (Å²) < 4.78 is 63.4. The van der Waals surface area contributed by atoms with Crippen LogP contribution in [-0.2, 0) is 6.18 Å². The minimum atomic E-state index is -4.48. The molecule has 0 spiro atoms. The lowest BCUT2D eigenvalue weighted by molar-refractivity contribution is -0.137. The van der Waals surface area contributed by atoms with Crippen LogP contribution < -0.4 is 10.2 Å². The lowest BCUT2D eigenvalue weighted by atomic mass is 10.1. The molecule has 2 aromatic heterocycles. The Morgan fingerprint density at radius 1 is 1.12 bits per heavy atom. The first-order chi connectivity index (χ1) is 11.1. The zero-order chi connectivity index (χ0) is 17.5. The van der Waals surface area contributed by atoms with Crippen molar-refractivity contribution in [2.24, 2.45) is 0 Å². The van der Waals surface area contributed by atoms with Gasteiger partial charge < -0.3 is 10.2 Å². The van der Waals surface area contributed by atoms with Gasteiger partial charge in [0.1, 0.15) is 16.8 Å². The number of hydrogen-bond acceptors (Lipinski definition) is 4.